The van der Waals surface area contributed by atoms with Crippen molar-refractivity contribution < 1.29 is 0 Å². The smallest absolute Gasteiger partial charge is 0.0237 e. The first-order chi connectivity index (χ1) is 11.8. The molecular formula is C23H31N. The van der Waals surface area contributed by atoms with Crippen LogP contribution in [-0.4, -0.2) is 11.4 Å². The highest BCUT2D eigenvalue weighted by atomic mass is 15.1. The standard InChI is InChI=1S/C23H31N/c1-20(23-15-9-4-10-16-23)17-24(18-21-11-5-2-6-12-21)19-22-13-7-3-8-14-22/h2-3,5-8,11-14,20,23H,4,9-10,15-19H2,1H3/t20-/m1/s1. The molecule has 24 heavy (non-hydrogen) atoms. The Hall–Kier alpha value is -1.60. The lowest BCUT2D eigenvalue weighted by Gasteiger charge is -2.32. The van der Waals surface area contributed by atoms with Gasteiger partial charge in [-0.1, -0.05) is 99.7 Å². The van der Waals surface area contributed by atoms with E-state index in [9.17, 15) is 0 Å². The van der Waals surface area contributed by atoms with Crippen molar-refractivity contribution in [2.24, 2.45) is 11.8 Å². The van der Waals surface area contributed by atoms with Crippen LogP contribution in [0.15, 0.2) is 60.7 Å². The Morgan fingerprint density at radius 2 is 1.29 bits per heavy atom. The van der Waals surface area contributed by atoms with Gasteiger partial charge in [0.1, 0.15) is 0 Å². The van der Waals surface area contributed by atoms with Crippen LogP contribution in [0, 0.1) is 11.8 Å². The Kier molecular flexibility index (Phi) is 6.48. The van der Waals surface area contributed by atoms with Gasteiger partial charge in [-0.2, -0.15) is 0 Å². The van der Waals surface area contributed by atoms with Gasteiger partial charge >= 0.3 is 0 Å². The second-order valence-corrected chi connectivity index (χ2v) is 7.52. The van der Waals surface area contributed by atoms with Gasteiger partial charge in [0.2, 0.25) is 0 Å². The average molecular weight is 322 g/mol. The second kappa shape index (κ2) is 9.03. The lowest BCUT2D eigenvalue weighted by Crippen LogP contribution is -2.31. The molecule has 1 fully saturated rings. The van der Waals surface area contributed by atoms with Crippen LogP contribution in [-0.2, 0) is 13.1 Å². The lowest BCUT2D eigenvalue weighted by molar-refractivity contribution is 0.163. The summed E-state index contributed by atoms with van der Waals surface area (Å²) in [5.74, 6) is 1.71. The molecule has 3 rings (SSSR count). The maximum Gasteiger partial charge on any atom is 0.0237 e. The van der Waals surface area contributed by atoms with E-state index < -0.39 is 0 Å². The third kappa shape index (κ3) is 5.21. The van der Waals surface area contributed by atoms with E-state index in [1.807, 2.05) is 0 Å². The van der Waals surface area contributed by atoms with Crippen LogP contribution in [0.3, 0.4) is 0 Å². The Morgan fingerprint density at radius 3 is 1.79 bits per heavy atom. The van der Waals surface area contributed by atoms with E-state index in [0.29, 0.717) is 0 Å². The van der Waals surface area contributed by atoms with Gasteiger partial charge < -0.3 is 0 Å². The fourth-order valence-electron chi connectivity index (χ4n) is 4.13. The molecule has 0 aliphatic heterocycles. The minimum absolute atomic E-state index is 0.790. The molecule has 0 radical (unpaired) electrons. The first-order valence-corrected chi connectivity index (χ1v) is 9.61. The fraction of sp³-hybridized carbons (Fsp3) is 0.478. The Labute approximate surface area is 147 Å². The van der Waals surface area contributed by atoms with Crippen molar-refractivity contribution in [1.82, 2.24) is 4.90 Å². The summed E-state index contributed by atoms with van der Waals surface area (Å²) in [7, 11) is 0. The van der Waals surface area contributed by atoms with Crippen LogP contribution in [0.4, 0.5) is 0 Å². The summed E-state index contributed by atoms with van der Waals surface area (Å²) in [5, 5.41) is 0. The largest absolute Gasteiger partial charge is 0.295 e. The number of benzene rings is 2. The van der Waals surface area contributed by atoms with E-state index in [0.717, 1.165) is 24.9 Å². The summed E-state index contributed by atoms with van der Waals surface area (Å²) in [6.45, 7) is 5.77. The molecule has 0 saturated heterocycles. The minimum Gasteiger partial charge on any atom is -0.295 e. The van der Waals surface area contributed by atoms with E-state index in [2.05, 4.69) is 72.5 Å². The van der Waals surface area contributed by atoms with Gasteiger partial charge in [-0.25, -0.2) is 0 Å². The summed E-state index contributed by atoms with van der Waals surface area (Å²) in [5.41, 5.74) is 2.84. The molecule has 0 amide bonds. The quantitative estimate of drug-likeness (QED) is 0.613. The summed E-state index contributed by atoms with van der Waals surface area (Å²) >= 11 is 0. The highest BCUT2D eigenvalue weighted by Crippen LogP contribution is 2.30. The van der Waals surface area contributed by atoms with Crippen molar-refractivity contribution in [2.75, 3.05) is 6.54 Å². The van der Waals surface area contributed by atoms with Gasteiger partial charge in [-0.05, 0) is 23.0 Å². The molecular weight excluding hydrogens is 290 g/mol. The van der Waals surface area contributed by atoms with Gasteiger partial charge in [0.15, 0.2) is 0 Å². The van der Waals surface area contributed by atoms with Crippen molar-refractivity contribution in [3.63, 3.8) is 0 Å². The zero-order chi connectivity index (χ0) is 16.6. The number of hydrogen-bond acceptors (Lipinski definition) is 1. The van der Waals surface area contributed by atoms with Crippen LogP contribution in [0.1, 0.15) is 50.2 Å². The minimum atomic E-state index is 0.790. The summed E-state index contributed by atoms with van der Waals surface area (Å²) < 4.78 is 0. The summed E-state index contributed by atoms with van der Waals surface area (Å²) in [6, 6.07) is 21.8. The Morgan fingerprint density at radius 1 is 0.792 bits per heavy atom. The molecule has 0 spiro atoms. The Balaban J connectivity index is 1.66. The first-order valence-electron chi connectivity index (χ1n) is 9.61. The van der Waals surface area contributed by atoms with Crippen molar-refractivity contribution >= 4 is 0 Å². The van der Waals surface area contributed by atoms with E-state index in [4.69, 9.17) is 0 Å². The highest BCUT2D eigenvalue weighted by molar-refractivity contribution is 5.17. The molecule has 1 aliphatic rings. The maximum atomic E-state index is 2.64. The van der Waals surface area contributed by atoms with Gasteiger partial charge in [-0.15, -0.1) is 0 Å². The molecule has 128 valence electrons. The molecule has 2 aromatic carbocycles. The molecule has 1 saturated carbocycles. The fourth-order valence-corrected chi connectivity index (χ4v) is 4.13. The van der Waals surface area contributed by atoms with Crippen molar-refractivity contribution in [2.45, 2.75) is 52.1 Å². The molecule has 0 unspecified atom stereocenters. The number of hydrogen-bond donors (Lipinski definition) is 0. The van der Waals surface area contributed by atoms with Crippen LogP contribution < -0.4 is 0 Å². The van der Waals surface area contributed by atoms with Gasteiger partial charge in [0, 0.05) is 19.6 Å². The second-order valence-electron chi connectivity index (χ2n) is 7.52. The molecule has 1 atom stereocenters. The van der Waals surface area contributed by atoms with Crippen molar-refractivity contribution in [3.05, 3.63) is 71.8 Å². The molecule has 2 aromatic rings. The van der Waals surface area contributed by atoms with E-state index >= 15 is 0 Å². The van der Waals surface area contributed by atoms with Crippen LogP contribution in [0.5, 0.6) is 0 Å². The summed E-state index contributed by atoms with van der Waals surface area (Å²) in [4.78, 5) is 2.64. The molecule has 0 N–H and O–H groups in total. The van der Waals surface area contributed by atoms with E-state index in [1.165, 1.54) is 49.8 Å². The zero-order valence-electron chi connectivity index (χ0n) is 15.0. The Bertz CT molecular complexity index is 530. The number of nitrogens with zero attached hydrogens (tertiary/aromatic N) is 1. The molecule has 1 aliphatic carbocycles. The van der Waals surface area contributed by atoms with E-state index in [1.54, 1.807) is 0 Å². The molecule has 0 aromatic heterocycles. The van der Waals surface area contributed by atoms with E-state index in [-0.39, 0.29) is 0 Å². The first kappa shape index (κ1) is 17.2. The highest BCUT2D eigenvalue weighted by Gasteiger charge is 2.22. The van der Waals surface area contributed by atoms with Gasteiger partial charge in [0.05, 0.1) is 0 Å². The molecule has 0 heterocycles. The monoisotopic (exact) mass is 321 g/mol. The third-order valence-electron chi connectivity index (χ3n) is 5.50. The van der Waals surface area contributed by atoms with Gasteiger partial charge in [0.25, 0.3) is 0 Å². The van der Waals surface area contributed by atoms with Crippen LogP contribution in [0.2, 0.25) is 0 Å². The van der Waals surface area contributed by atoms with Crippen molar-refractivity contribution in [3.8, 4) is 0 Å². The zero-order valence-corrected chi connectivity index (χ0v) is 15.0. The van der Waals surface area contributed by atoms with Gasteiger partial charge in [-0.3, -0.25) is 4.90 Å². The SMILES string of the molecule is C[C@H](CN(Cc1ccccc1)Cc1ccccc1)C1CCCCC1. The van der Waals surface area contributed by atoms with Crippen molar-refractivity contribution in [1.29, 1.82) is 0 Å². The predicted molar refractivity (Wildman–Crippen MR) is 103 cm³/mol. The molecule has 0 bridgehead atoms. The van der Waals surface area contributed by atoms with Crippen LogP contribution >= 0.6 is 0 Å². The summed E-state index contributed by atoms with van der Waals surface area (Å²) in [6.07, 6.45) is 7.19. The number of rotatable bonds is 7. The normalized spacial score (nSPS) is 17.1. The third-order valence-corrected chi connectivity index (χ3v) is 5.50. The topological polar surface area (TPSA) is 3.24 Å². The average Bonchev–Trinajstić information content (AvgIpc) is 2.64. The van der Waals surface area contributed by atoms with Crippen LogP contribution in [0.25, 0.3) is 0 Å². The predicted octanol–water partition coefficient (Wildman–Crippen LogP) is 5.91. The molecule has 1 heteroatoms. The maximum absolute atomic E-state index is 2.64. The lowest BCUT2D eigenvalue weighted by atomic mass is 9.80. The molecule has 1 nitrogen and oxygen atoms in total.